The van der Waals surface area contributed by atoms with E-state index in [1.54, 1.807) is 18.2 Å². The van der Waals surface area contributed by atoms with Crippen molar-refractivity contribution in [3.8, 4) is 0 Å². The molecular weight excluding hydrogens is 272 g/mol. The molecule has 0 heterocycles. The second-order valence-corrected chi connectivity index (χ2v) is 7.92. The molecule has 0 bridgehead atoms. The third kappa shape index (κ3) is 3.41. The SMILES string of the molecule is CCC1CCCCC1C(O)c1cccc(S(C)(=O)=O)c1. The third-order valence-electron chi connectivity index (χ3n) is 4.53. The Balaban J connectivity index is 2.26. The molecule has 0 amide bonds. The number of hydrogen-bond acceptors (Lipinski definition) is 3. The van der Waals surface area contributed by atoms with E-state index in [4.69, 9.17) is 0 Å². The molecule has 1 fully saturated rings. The van der Waals surface area contributed by atoms with Gasteiger partial charge in [-0.25, -0.2) is 8.42 Å². The van der Waals surface area contributed by atoms with Crippen LogP contribution in [0.1, 0.15) is 50.7 Å². The Hall–Kier alpha value is -0.870. The van der Waals surface area contributed by atoms with E-state index in [1.807, 2.05) is 6.07 Å². The molecule has 1 N–H and O–H groups in total. The average Bonchev–Trinajstić information content (AvgIpc) is 2.45. The molecule has 1 saturated carbocycles. The van der Waals surface area contributed by atoms with Crippen molar-refractivity contribution in [2.75, 3.05) is 6.26 Å². The van der Waals surface area contributed by atoms with Gasteiger partial charge < -0.3 is 5.11 Å². The van der Waals surface area contributed by atoms with Crippen molar-refractivity contribution in [1.82, 2.24) is 0 Å². The molecule has 3 unspecified atom stereocenters. The van der Waals surface area contributed by atoms with E-state index in [2.05, 4.69) is 6.92 Å². The summed E-state index contributed by atoms with van der Waals surface area (Å²) in [5.74, 6) is 0.796. The summed E-state index contributed by atoms with van der Waals surface area (Å²) in [7, 11) is -3.22. The first kappa shape index (κ1) is 15.5. The van der Waals surface area contributed by atoms with Crippen molar-refractivity contribution >= 4 is 9.84 Å². The number of aliphatic hydroxyl groups excluding tert-OH is 1. The lowest BCUT2D eigenvalue weighted by Gasteiger charge is -2.34. The molecule has 3 atom stereocenters. The van der Waals surface area contributed by atoms with Crippen molar-refractivity contribution < 1.29 is 13.5 Å². The molecule has 0 aliphatic heterocycles. The number of sulfone groups is 1. The van der Waals surface area contributed by atoms with Gasteiger partial charge in [-0.15, -0.1) is 0 Å². The summed E-state index contributed by atoms with van der Waals surface area (Å²) < 4.78 is 23.2. The van der Waals surface area contributed by atoms with E-state index in [9.17, 15) is 13.5 Å². The van der Waals surface area contributed by atoms with Crippen molar-refractivity contribution in [1.29, 1.82) is 0 Å². The van der Waals surface area contributed by atoms with Crippen LogP contribution in [0, 0.1) is 11.8 Å². The Morgan fingerprint density at radius 2 is 2.00 bits per heavy atom. The van der Waals surface area contributed by atoms with Gasteiger partial charge in [-0.1, -0.05) is 44.7 Å². The van der Waals surface area contributed by atoms with Gasteiger partial charge in [-0.2, -0.15) is 0 Å². The highest BCUT2D eigenvalue weighted by Gasteiger charge is 2.30. The monoisotopic (exact) mass is 296 g/mol. The fourth-order valence-corrected chi connectivity index (χ4v) is 4.01. The van der Waals surface area contributed by atoms with E-state index in [0.29, 0.717) is 5.92 Å². The maximum Gasteiger partial charge on any atom is 0.175 e. The van der Waals surface area contributed by atoms with Gasteiger partial charge in [0.1, 0.15) is 0 Å². The molecule has 1 aromatic carbocycles. The molecule has 1 aromatic rings. The van der Waals surface area contributed by atoms with Crippen molar-refractivity contribution in [3.63, 3.8) is 0 Å². The van der Waals surface area contributed by atoms with Crippen LogP contribution >= 0.6 is 0 Å². The lowest BCUT2D eigenvalue weighted by Crippen LogP contribution is -2.25. The van der Waals surface area contributed by atoms with Crippen LogP contribution < -0.4 is 0 Å². The number of rotatable bonds is 4. The van der Waals surface area contributed by atoms with Crippen LogP contribution in [0.15, 0.2) is 29.2 Å². The van der Waals surface area contributed by atoms with Gasteiger partial charge in [0, 0.05) is 6.26 Å². The highest BCUT2D eigenvalue weighted by atomic mass is 32.2. The van der Waals surface area contributed by atoms with Crippen LogP contribution in [0.2, 0.25) is 0 Å². The number of hydrogen-bond donors (Lipinski definition) is 1. The van der Waals surface area contributed by atoms with E-state index in [1.165, 1.54) is 19.1 Å². The highest BCUT2D eigenvalue weighted by molar-refractivity contribution is 7.90. The summed E-state index contributed by atoms with van der Waals surface area (Å²) in [6, 6.07) is 6.77. The summed E-state index contributed by atoms with van der Waals surface area (Å²) in [6.07, 6.45) is 6.32. The van der Waals surface area contributed by atoms with Gasteiger partial charge in [-0.05, 0) is 36.0 Å². The summed E-state index contributed by atoms with van der Waals surface area (Å²) in [5.41, 5.74) is 0.735. The van der Waals surface area contributed by atoms with Crippen LogP contribution in [0.4, 0.5) is 0 Å². The van der Waals surface area contributed by atoms with Gasteiger partial charge >= 0.3 is 0 Å². The first-order chi connectivity index (χ1) is 9.43. The smallest absolute Gasteiger partial charge is 0.175 e. The topological polar surface area (TPSA) is 54.4 Å². The summed E-state index contributed by atoms with van der Waals surface area (Å²) >= 11 is 0. The second-order valence-electron chi connectivity index (χ2n) is 5.91. The maximum absolute atomic E-state index is 11.6. The first-order valence-corrected chi connectivity index (χ1v) is 9.30. The van der Waals surface area contributed by atoms with Crippen LogP contribution in [0.3, 0.4) is 0 Å². The zero-order valence-electron chi connectivity index (χ0n) is 12.2. The minimum atomic E-state index is -3.22. The van der Waals surface area contributed by atoms with E-state index in [-0.39, 0.29) is 10.8 Å². The summed E-state index contributed by atoms with van der Waals surface area (Å²) in [5, 5.41) is 10.6. The molecule has 112 valence electrons. The molecule has 1 aliphatic rings. The lowest BCUT2D eigenvalue weighted by atomic mass is 9.73. The van der Waals surface area contributed by atoms with Gasteiger partial charge in [0.15, 0.2) is 9.84 Å². The molecule has 3 nitrogen and oxygen atoms in total. The molecule has 1 aliphatic carbocycles. The largest absolute Gasteiger partial charge is 0.388 e. The van der Waals surface area contributed by atoms with Gasteiger partial charge in [0.05, 0.1) is 11.0 Å². The summed E-state index contributed by atoms with van der Waals surface area (Å²) in [4.78, 5) is 0.290. The Kier molecular flexibility index (Phi) is 4.86. The van der Waals surface area contributed by atoms with Crippen molar-refractivity contribution in [3.05, 3.63) is 29.8 Å². The van der Waals surface area contributed by atoms with Crippen LogP contribution in [0.5, 0.6) is 0 Å². The minimum Gasteiger partial charge on any atom is -0.388 e. The molecule has 0 aromatic heterocycles. The van der Waals surface area contributed by atoms with Crippen molar-refractivity contribution in [2.24, 2.45) is 11.8 Å². The lowest BCUT2D eigenvalue weighted by molar-refractivity contribution is 0.0450. The molecule has 2 rings (SSSR count). The van der Waals surface area contributed by atoms with Gasteiger partial charge in [0.2, 0.25) is 0 Å². The van der Waals surface area contributed by atoms with E-state index < -0.39 is 15.9 Å². The molecule has 4 heteroatoms. The Morgan fingerprint density at radius 1 is 1.30 bits per heavy atom. The first-order valence-electron chi connectivity index (χ1n) is 7.41. The number of benzene rings is 1. The molecule has 0 radical (unpaired) electrons. The fraction of sp³-hybridized carbons (Fsp3) is 0.625. The van der Waals surface area contributed by atoms with Crippen LogP contribution in [0.25, 0.3) is 0 Å². The fourth-order valence-electron chi connectivity index (χ4n) is 3.34. The zero-order valence-corrected chi connectivity index (χ0v) is 13.1. The second kappa shape index (κ2) is 6.27. The average molecular weight is 296 g/mol. The zero-order chi connectivity index (χ0) is 14.8. The Morgan fingerprint density at radius 3 is 2.65 bits per heavy atom. The molecule has 20 heavy (non-hydrogen) atoms. The predicted molar refractivity (Wildman–Crippen MR) is 80.3 cm³/mol. The van der Waals surface area contributed by atoms with Crippen LogP contribution in [-0.4, -0.2) is 19.8 Å². The minimum absolute atomic E-state index is 0.253. The Labute approximate surface area is 121 Å². The molecule has 0 spiro atoms. The molecule has 0 saturated heterocycles. The number of aliphatic hydroxyl groups is 1. The predicted octanol–water partition coefficient (Wildman–Crippen LogP) is 3.34. The summed E-state index contributed by atoms with van der Waals surface area (Å²) in [6.45, 7) is 2.17. The standard InChI is InChI=1S/C16H24O3S/c1-3-12-7-4-5-10-15(12)16(17)13-8-6-9-14(11-13)20(2,18)19/h6,8-9,11-12,15-17H,3-5,7,10H2,1-2H3. The molecular formula is C16H24O3S. The van der Waals surface area contributed by atoms with E-state index >= 15 is 0 Å². The van der Waals surface area contributed by atoms with Gasteiger partial charge in [-0.3, -0.25) is 0 Å². The highest BCUT2D eigenvalue weighted by Crippen LogP contribution is 2.40. The normalized spacial score (nSPS) is 25.4. The quantitative estimate of drug-likeness (QED) is 0.927. The Bertz CT molecular complexity index is 551. The van der Waals surface area contributed by atoms with Gasteiger partial charge in [0.25, 0.3) is 0 Å². The third-order valence-corrected chi connectivity index (χ3v) is 5.64. The maximum atomic E-state index is 11.6. The van der Waals surface area contributed by atoms with Crippen LogP contribution in [-0.2, 0) is 9.84 Å². The van der Waals surface area contributed by atoms with E-state index in [0.717, 1.165) is 24.8 Å². The van der Waals surface area contributed by atoms with Crippen molar-refractivity contribution in [2.45, 2.75) is 50.0 Å².